The molecule has 3 heterocycles. The monoisotopic (exact) mass is 837 g/mol. The zero-order chi connectivity index (χ0) is 42.2. The molecule has 64 heavy (non-hydrogen) atoms. The molecule has 0 saturated heterocycles. The molecule has 2 aromatic heterocycles. The van der Waals surface area contributed by atoms with Gasteiger partial charge in [-0.1, -0.05) is 182 Å². The van der Waals surface area contributed by atoms with Gasteiger partial charge in [0.05, 0.1) is 5.41 Å². The minimum absolute atomic E-state index is 0.546. The third kappa shape index (κ3) is 5.59. The lowest BCUT2D eigenvalue weighted by Crippen LogP contribution is -2.28. The predicted octanol–water partition coefficient (Wildman–Crippen LogP) is 15.2. The van der Waals surface area contributed by atoms with Crippen LogP contribution in [0.25, 0.3) is 76.6 Å². The maximum absolute atomic E-state index is 7.04. The standard InChI is InChI=1S/C58H35N3O2S/c1-4-16-36(17-5-1)55-59-56(61-57(60-55)39-30-31-44-43-24-11-13-29-50(43)64-51(44)35-39)38-19-14-18-37(34-38)42-26-15-28-48-53(42)62-49-33-32-47-52(54(49)63-48)45-25-10-12-27-46(45)58(47,40-20-6-2-7-21-40)41-22-8-3-9-23-41/h1-35H. The zero-order valence-electron chi connectivity index (χ0n) is 34.3. The van der Waals surface area contributed by atoms with E-state index in [2.05, 4.69) is 164 Å². The molecule has 0 fully saturated rings. The summed E-state index contributed by atoms with van der Waals surface area (Å²) in [5, 5.41) is 2.49. The van der Waals surface area contributed by atoms with Crippen LogP contribution in [0.1, 0.15) is 22.3 Å². The van der Waals surface area contributed by atoms with Crippen molar-refractivity contribution in [3.05, 3.63) is 235 Å². The molecule has 0 atom stereocenters. The summed E-state index contributed by atoms with van der Waals surface area (Å²) in [6.07, 6.45) is 0. The van der Waals surface area contributed by atoms with Crippen molar-refractivity contribution in [3.8, 4) is 79.4 Å². The van der Waals surface area contributed by atoms with Gasteiger partial charge in [-0.15, -0.1) is 11.3 Å². The predicted molar refractivity (Wildman–Crippen MR) is 258 cm³/mol. The topological polar surface area (TPSA) is 57.1 Å². The Morgan fingerprint density at radius 3 is 1.70 bits per heavy atom. The highest BCUT2D eigenvalue weighted by molar-refractivity contribution is 7.25. The Hall–Kier alpha value is -8.19. The van der Waals surface area contributed by atoms with Crippen molar-refractivity contribution in [2.75, 3.05) is 0 Å². The van der Waals surface area contributed by atoms with Crippen LogP contribution in [-0.2, 0) is 5.41 Å². The summed E-state index contributed by atoms with van der Waals surface area (Å²) in [4.78, 5) is 15.3. The van der Waals surface area contributed by atoms with Crippen LogP contribution < -0.4 is 9.47 Å². The molecule has 1 aliphatic heterocycles. The second kappa shape index (κ2) is 14.4. The molecule has 300 valence electrons. The third-order valence-electron chi connectivity index (χ3n) is 12.7. The van der Waals surface area contributed by atoms with E-state index in [1.807, 2.05) is 48.5 Å². The molecule has 6 heteroatoms. The number of hydrogen-bond donors (Lipinski definition) is 0. The molecule has 11 aromatic rings. The summed E-state index contributed by atoms with van der Waals surface area (Å²) in [5.41, 5.74) is 11.0. The summed E-state index contributed by atoms with van der Waals surface area (Å²) < 4.78 is 16.5. The molecule has 13 rings (SSSR count). The van der Waals surface area contributed by atoms with Gasteiger partial charge in [-0.25, -0.2) is 15.0 Å². The summed E-state index contributed by atoms with van der Waals surface area (Å²) in [5.74, 6) is 4.53. The van der Waals surface area contributed by atoms with Gasteiger partial charge in [-0.2, -0.15) is 0 Å². The van der Waals surface area contributed by atoms with Crippen molar-refractivity contribution in [2.24, 2.45) is 0 Å². The molecule has 2 aliphatic rings. The second-order valence-electron chi connectivity index (χ2n) is 16.2. The van der Waals surface area contributed by atoms with Gasteiger partial charge in [0.25, 0.3) is 0 Å². The third-order valence-corrected chi connectivity index (χ3v) is 13.8. The van der Waals surface area contributed by atoms with E-state index in [0.717, 1.165) is 50.3 Å². The molecule has 0 amide bonds. The van der Waals surface area contributed by atoms with Gasteiger partial charge >= 0.3 is 0 Å². The van der Waals surface area contributed by atoms with Crippen molar-refractivity contribution in [2.45, 2.75) is 5.41 Å². The van der Waals surface area contributed by atoms with Crippen molar-refractivity contribution in [3.63, 3.8) is 0 Å². The maximum atomic E-state index is 7.04. The van der Waals surface area contributed by atoms with E-state index in [4.69, 9.17) is 24.4 Å². The van der Waals surface area contributed by atoms with Crippen LogP contribution in [-0.4, -0.2) is 15.0 Å². The Morgan fingerprint density at radius 2 is 0.922 bits per heavy atom. The van der Waals surface area contributed by atoms with Crippen LogP contribution >= 0.6 is 11.3 Å². The molecule has 0 spiro atoms. The molecule has 0 radical (unpaired) electrons. The summed E-state index contributed by atoms with van der Waals surface area (Å²) in [6.45, 7) is 0. The molecule has 1 aliphatic carbocycles. The van der Waals surface area contributed by atoms with E-state index in [9.17, 15) is 0 Å². The van der Waals surface area contributed by atoms with Gasteiger partial charge in [0.2, 0.25) is 0 Å². The van der Waals surface area contributed by atoms with Crippen LogP contribution in [0.5, 0.6) is 23.0 Å². The first-order valence-corrected chi connectivity index (χ1v) is 22.2. The molecule has 9 aromatic carbocycles. The molecule has 0 N–H and O–H groups in total. The first-order valence-electron chi connectivity index (χ1n) is 21.4. The Kier molecular flexibility index (Phi) is 8.23. The number of nitrogens with zero attached hydrogens (tertiary/aromatic N) is 3. The minimum Gasteiger partial charge on any atom is -0.449 e. The number of fused-ring (bicyclic) bond motifs is 9. The Bertz CT molecular complexity index is 3590. The largest absolute Gasteiger partial charge is 0.449 e. The number of benzene rings is 9. The molecule has 5 nitrogen and oxygen atoms in total. The summed E-state index contributed by atoms with van der Waals surface area (Å²) in [6, 6.07) is 74.2. The first kappa shape index (κ1) is 36.5. The van der Waals surface area contributed by atoms with Crippen LogP contribution in [0.15, 0.2) is 212 Å². The van der Waals surface area contributed by atoms with Crippen molar-refractivity contribution >= 4 is 31.5 Å². The van der Waals surface area contributed by atoms with Crippen LogP contribution in [0.3, 0.4) is 0 Å². The van der Waals surface area contributed by atoms with Crippen molar-refractivity contribution < 1.29 is 9.47 Å². The maximum Gasteiger partial charge on any atom is 0.178 e. The van der Waals surface area contributed by atoms with Crippen LogP contribution in [0.2, 0.25) is 0 Å². The van der Waals surface area contributed by atoms with Crippen molar-refractivity contribution in [1.82, 2.24) is 15.0 Å². The van der Waals surface area contributed by atoms with Crippen LogP contribution in [0.4, 0.5) is 0 Å². The number of rotatable bonds is 6. The van der Waals surface area contributed by atoms with Gasteiger partial charge in [0, 0.05) is 48.0 Å². The Balaban J connectivity index is 0.915. The van der Waals surface area contributed by atoms with E-state index in [1.165, 1.54) is 36.9 Å². The molecular weight excluding hydrogens is 803 g/mol. The highest BCUT2D eigenvalue weighted by Gasteiger charge is 2.48. The van der Waals surface area contributed by atoms with Crippen LogP contribution in [0, 0.1) is 0 Å². The fourth-order valence-corrected chi connectivity index (χ4v) is 11.0. The Morgan fingerprint density at radius 1 is 0.359 bits per heavy atom. The van der Waals surface area contributed by atoms with Gasteiger partial charge < -0.3 is 9.47 Å². The number of ether oxygens (including phenoxy) is 2. The number of hydrogen-bond acceptors (Lipinski definition) is 6. The lowest BCUT2D eigenvalue weighted by molar-refractivity contribution is 0.361. The average molecular weight is 838 g/mol. The lowest BCUT2D eigenvalue weighted by atomic mass is 9.68. The van der Waals surface area contributed by atoms with Gasteiger partial charge in [-0.3, -0.25) is 0 Å². The fraction of sp³-hybridized carbons (Fsp3) is 0.0172. The number of thiophene rings is 1. The minimum atomic E-state index is -0.546. The van der Waals surface area contributed by atoms with Crippen molar-refractivity contribution in [1.29, 1.82) is 0 Å². The number of para-hydroxylation sites is 1. The summed E-state index contributed by atoms with van der Waals surface area (Å²) in [7, 11) is 0. The SMILES string of the molecule is c1ccc(-c2nc(-c3cccc(-c4cccc5c4Oc4ccc6c(c4O5)-c4ccccc4C6(c4ccccc4)c4ccccc4)c3)nc(-c3ccc4c(c3)sc3ccccc34)n2)cc1. The summed E-state index contributed by atoms with van der Waals surface area (Å²) >= 11 is 1.79. The molecular formula is C58H35N3O2S. The molecule has 0 bridgehead atoms. The first-order chi connectivity index (χ1) is 31.7. The van der Waals surface area contributed by atoms with Gasteiger partial charge in [0.1, 0.15) is 0 Å². The molecule has 0 saturated carbocycles. The smallest absolute Gasteiger partial charge is 0.178 e. The van der Waals surface area contributed by atoms with Gasteiger partial charge in [0.15, 0.2) is 40.5 Å². The quantitative estimate of drug-likeness (QED) is 0.167. The highest BCUT2D eigenvalue weighted by atomic mass is 32.1. The van der Waals surface area contributed by atoms with E-state index in [0.29, 0.717) is 34.7 Å². The van der Waals surface area contributed by atoms with E-state index in [1.54, 1.807) is 11.3 Å². The van der Waals surface area contributed by atoms with E-state index < -0.39 is 5.41 Å². The highest BCUT2D eigenvalue weighted by Crippen LogP contribution is 2.62. The van der Waals surface area contributed by atoms with E-state index >= 15 is 0 Å². The Labute approximate surface area is 373 Å². The zero-order valence-corrected chi connectivity index (χ0v) is 35.1. The normalized spacial score (nSPS) is 13.1. The number of aromatic nitrogens is 3. The second-order valence-corrected chi connectivity index (χ2v) is 17.3. The van der Waals surface area contributed by atoms with E-state index in [-0.39, 0.29) is 0 Å². The molecule has 0 unspecified atom stereocenters. The fourth-order valence-electron chi connectivity index (χ4n) is 9.85. The lowest BCUT2D eigenvalue weighted by Gasteiger charge is -2.34. The van der Waals surface area contributed by atoms with Gasteiger partial charge in [-0.05, 0) is 63.7 Å². The average Bonchev–Trinajstić information content (AvgIpc) is 3.90.